The molecule has 1 fully saturated rings. The lowest BCUT2D eigenvalue weighted by Crippen LogP contribution is -2.30. The van der Waals surface area contributed by atoms with E-state index in [0.29, 0.717) is 11.0 Å². The summed E-state index contributed by atoms with van der Waals surface area (Å²) >= 11 is 1.76. The molecule has 1 saturated heterocycles. The summed E-state index contributed by atoms with van der Waals surface area (Å²) in [6.45, 7) is 4.11. The van der Waals surface area contributed by atoms with Gasteiger partial charge < -0.3 is 10.6 Å². The molecule has 2 rings (SSSR count). The van der Waals surface area contributed by atoms with Gasteiger partial charge in [0.1, 0.15) is 0 Å². The van der Waals surface area contributed by atoms with E-state index in [0.717, 1.165) is 37.2 Å². The SMILES string of the molecule is Cc1cncc(NC(=O)CSC2CCNCC2)c1. The lowest BCUT2D eigenvalue weighted by Gasteiger charge is -2.21. The normalized spacial score (nSPS) is 16.5. The van der Waals surface area contributed by atoms with Gasteiger partial charge in [0.2, 0.25) is 5.91 Å². The lowest BCUT2D eigenvalue weighted by atomic mass is 10.2. The summed E-state index contributed by atoms with van der Waals surface area (Å²) in [7, 11) is 0. The molecule has 4 nitrogen and oxygen atoms in total. The van der Waals surface area contributed by atoms with Gasteiger partial charge in [-0.15, -0.1) is 11.8 Å². The number of anilines is 1. The van der Waals surface area contributed by atoms with Crippen LogP contribution in [0, 0.1) is 6.92 Å². The second kappa shape index (κ2) is 6.75. The Bertz CT molecular complexity index is 405. The first-order chi connectivity index (χ1) is 8.74. The van der Waals surface area contributed by atoms with Gasteiger partial charge in [-0.05, 0) is 44.5 Å². The first kappa shape index (κ1) is 13.4. The molecule has 1 aromatic heterocycles. The number of hydrogen-bond acceptors (Lipinski definition) is 4. The van der Waals surface area contributed by atoms with Crippen LogP contribution in [-0.4, -0.2) is 35.0 Å². The van der Waals surface area contributed by atoms with Crippen molar-refractivity contribution in [1.29, 1.82) is 0 Å². The molecule has 98 valence electrons. The fourth-order valence-corrected chi connectivity index (χ4v) is 3.00. The molecule has 0 bridgehead atoms. The fourth-order valence-electron chi connectivity index (χ4n) is 1.98. The summed E-state index contributed by atoms with van der Waals surface area (Å²) in [5, 5.41) is 6.83. The number of aromatic nitrogens is 1. The Morgan fingerprint density at radius 1 is 1.50 bits per heavy atom. The van der Waals surface area contributed by atoms with Crippen LogP contribution < -0.4 is 10.6 Å². The van der Waals surface area contributed by atoms with Crippen molar-refractivity contribution in [2.45, 2.75) is 25.0 Å². The number of amides is 1. The number of carbonyl (C=O) groups is 1. The fraction of sp³-hybridized carbons (Fsp3) is 0.538. The minimum atomic E-state index is 0.0610. The van der Waals surface area contributed by atoms with E-state index in [-0.39, 0.29) is 5.91 Å². The highest BCUT2D eigenvalue weighted by Crippen LogP contribution is 2.20. The van der Waals surface area contributed by atoms with E-state index in [9.17, 15) is 4.79 Å². The maximum absolute atomic E-state index is 11.8. The van der Waals surface area contributed by atoms with Crippen LogP contribution in [0.2, 0.25) is 0 Å². The monoisotopic (exact) mass is 265 g/mol. The Hall–Kier alpha value is -1.07. The van der Waals surface area contributed by atoms with E-state index in [1.54, 1.807) is 24.2 Å². The number of pyridine rings is 1. The Labute approximate surface area is 112 Å². The van der Waals surface area contributed by atoms with Crippen LogP contribution in [0.3, 0.4) is 0 Å². The molecule has 2 N–H and O–H groups in total. The van der Waals surface area contributed by atoms with Gasteiger partial charge in [-0.3, -0.25) is 9.78 Å². The van der Waals surface area contributed by atoms with Crippen LogP contribution in [0.4, 0.5) is 5.69 Å². The highest BCUT2D eigenvalue weighted by Gasteiger charge is 2.14. The predicted molar refractivity (Wildman–Crippen MR) is 76.0 cm³/mol. The van der Waals surface area contributed by atoms with Crippen LogP contribution >= 0.6 is 11.8 Å². The van der Waals surface area contributed by atoms with Gasteiger partial charge >= 0.3 is 0 Å². The molecule has 0 spiro atoms. The summed E-state index contributed by atoms with van der Waals surface area (Å²) in [4.78, 5) is 15.8. The first-order valence-electron chi connectivity index (χ1n) is 6.28. The van der Waals surface area contributed by atoms with Crippen molar-refractivity contribution in [2.75, 3.05) is 24.2 Å². The summed E-state index contributed by atoms with van der Waals surface area (Å²) in [6.07, 6.45) is 5.77. The number of nitrogens with one attached hydrogen (secondary N) is 2. The first-order valence-corrected chi connectivity index (χ1v) is 7.33. The quantitative estimate of drug-likeness (QED) is 0.872. The molecule has 0 unspecified atom stereocenters. The molecule has 0 saturated carbocycles. The summed E-state index contributed by atoms with van der Waals surface area (Å²) in [5.41, 5.74) is 1.84. The van der Waals surface area contributed by atoms with Gasteiger partial charge in [0, 0.05) is 11.4 Å². The Morgan fingerprint density at radius 2 is 2.28 bits per heavy atom. The molecule has 18 heavy (non-hydrogen) atoms. The van der Waals surface area contributed by atoms with Crippen molar-refractivity contribution in [2.24, 2.45) is 0 Å². The van der Waals surface area contributed by atoms with Gasteiger partial charge in [0.05, 0.1) is 17.6 Å². The molecule has 5 heteroatoms. The van der Waals surface area contributed by atoms with Gasteiger partial charge in [0.25, 0.3) is 0 Å². The van der Waals surface area contributed by atoms with Gasteiger partial charge in [-0.25, -0.2) is 0 Å². The highest BCUT2D eigenvalue weighted by atomic mass is 32.2. The summed E-state index contributed by atoms with van der Waals surface area (Å²) in [6, 6.07) is 1.93. The van der Waals surface area contributed by atoms with Crippen molar-refractivity contribution in [3.63, 3.8) is 0 Å². The number of carbonyl (C=O) groups excluding carboxylic acids is 1. The van der Waals surface area contributed by atoms with Gasteiger partial charge in [-0.1, -0.05) is 0 Å². The zero-order valence-corrected chi connectivity index (χ0v) is 11.4. The van der Waals surface area contributed by atoms with Crippen molar-refractivity contribution in [1.82, 2.24) is 10.3 Å². The minimum absolute atomic E-state index is 0.0610. The molecule has 2 heterocycles. The highest BCUT2D eigenvalue weighted by molar-refractivity contribution is 8.00. The standard InChI is InChI=1S/C13H19N3OS/c1-10-6-11(8-15-7-10)16-13(17)9-18-12-2-4-14-5-3-12/h6-8,12,14H,2-5,9H2,1H3,(H,16,17). The van der Waals surface area contributed by atoms with Crippen molar-refractivity contribution in [3.8, 4) is 0 Å². The molecule has 0 atom stereocenters. The average Bonchev–Trinajstić information content (AvgIpc) is 2.38. The third-order valence-electron chi connectivity index (χ3n) is 2.90. The van der Waals surface area contributed by atoms with Crippen LogP contribution in [0.25, 0.3) is 0 Å². The molecular weight excluding hydrogens is 246 g/mol. The smallest absolute Gasteiger partial charge is 0.234 e. The number of thioether (sulfide) groups is 1. The molecule has 1 aliphatic rings. The topological polar surface area (TPSA) is 54.0 Å². The zero-order chi connectivity index (χ0) is 12.8. The van der Waals surface area contributed by atoms with E-state index in [1.165, 1.54) is 0 Å². The third-order valence-corrected chi connectivity index (χ3v) is 4.27. The molecule has 1 amide bonds. The Kier molecular flexibility index (Phi) is 5.01. The second-order valence-corrected chi connectivity index (χ2v) is 5.85. The number of nitrogens with zero attached hydrogens (tertiary/aromatic N) is 1. The van der Waals surface area contributed by atoms with Gasteiger partial charge in [-0.2, -0.15) is 0 Å². The summed E-state index contributed by atoms with van der Waals surface area (Å²) < 4.78 is 0. The van der Waals surface area contributed by atoms with Crippen LogP contribution in [-0.2, 0) is 4.79 Å². The zero-order valence-electron chi connectivity index (χ0n) is 10.6. The van der Waals surface area contributed by atoms with E-state index in [4.69, 9.17) is 0 Å². The molecule has 0 aliphatic carbocycles. The van der Waals surface area contributed by atoms with Crippen LogP contribution in [0.5, 0.6) is 0 Å². The molecule has 0 aromatic carbocycles. The van der Waals surface area contributed by atoms with Crippen molar-refractivity contribution < 1.29 is 4.79 Å². The molecular formula is C13H19N3OS. The van der Waals surface area contributed by atoms with Crippen molar-refractivity contribution in [3.05, 3.63) is 24.0 Å². The van der Waals surface area contributed by atoms with Crippen molar-refractivity contribution >= 4 is 23.4 Å². The van der Waals surface area contributed by atoms with Crippen LogP contribution in [0.1, 0.15) is 18.4 Å². The molecule has 1 aliphatic heterocycles. The van der Waals surface area contributed by atoms with E-state index >= 15 is 0 Å². The second-order valence-electron chi connectivity index (χ2n) is 4.56. The van der Waals surface area contributed by atoms with E-state index < -0.39 is 0 Å². The number of piperidine rings is 1. The predicted octanol–water partition coefficient (Wildman–Crippen LogP) is 1.81. The Balaban J connectivity index is 1.74. The summed E-state index contributed by atoms with van der Waals surface area (Å²) in [5.74, 6) is 0.587. The number of hydrogen-bond donors (Lipinski definition) is 2. The average molecular weight is 265 g/mol. The van der Waals surface area contributed by atoms with Gasteiger partial charge in [0.15, 0.2) is 0 Å². The van der Waals surface area contributed by atoms with E-state index in [1.807, 2.05) is 13.0 Å². The van der Waals surface area contributed by atoms with Crippen LogP contribution in [0.15, 0.2) is 18.5 Å². The molecule has 1 aromatic rings. The maximum Gasteiger partial charge on any atom is 0.234 e. The Morgan fingerprint density at radius 3 is 3.00 bits per heavy atom. The largest absolute Gasteiger partial charge is 0.324 e. The number of aryl methyl sites for hydroxylation is 1. The minimum Gasteiger partial charge on any atom is -0.324 e. The maximum atomic E-state index is 11.8. The number of rotatable bonds is 4. The lowest BCUT2D eigenvalue weighted by molar-refractivity contribution is -0.113. The molecule has 0 radical (unpaired) electrons. The third kappa shape index (κ3) is 4.31. The van der Waals surface area contributed by atoms with E-state index in [2.05, 4.69) is 15.6 Å².